The summed E-state index contributed by atoms with van der Waals surface area (Å²) < 4.78 is 16.4. The van der Waals surface area contributed by atoms with Crippen LogP contribution in [-0.2, 0) is 19.0 Å². The van der Waals surface area contributed by atoms with E-state index in [1.807, 2.05) is 0 Å². The molecule has 2 saturated heterocycles. The molecular weight excluding hydrogens is 354 g/mol. The second-order valence-corrected chi connectivity index (χ2v) is 6.58. The average molecular weight is 381 g/mol. The highest BCUT2D eigenvalue weighted by molar-refractivity contribution is 5.73. The average Bonchev–Trinajstić information content (AvgIpc) is 2.60. The van der Waals surface area contributed by atoms with Crippen molar-refractivity contribution in [2.75, 3.05) is 13.2 Å². The maximum atomic E-state index is 11.5. The molecule has 11 nitrogen and oxygen atoms in total. The van der Waals surface area contributed by atoms with Crippen molar-refractivity contribution in [3.05, 3.63) is 0 Å². The summed E-state index contributed by atoms with van der Waals surface area (Å²) in [5, 5.41) is 61.4. The molecule has 0 aromatic rings. The first-order chi connectivity index (χ1) is 12.2. The first-order valence-corrected chi connectivity index (χ1v) is 8.38. The van der Waals surface area contributed by atoms with Gasteiger partial charge in [-0.2, -0.15) is 0 Å². The van der Waals surface area contributed by atoms with Gasteiger partial charge < -0.3 is 50.2 Å². The van der Waals surface area contributed by atoms with Crippen LogP contribution in [0.3, 0.4) is 0 Å². The number of carbonyl (C=O) groups excluding carboxylic acids is 1. The van der Waals surface area contributed by atoms with Gasteiger partial charge in [0.15, 0.2) is 6.29 Å². The molecule has 7 N–H and O–H groups in total. The summed E-state index contributed by atoms with van der Waals surface area (Å²) >= 11 is 0. The Morgan fingerprint density at radius 2 is 1.54 bits per heavy atom. The first-order valence-electron chi connectivity index (χ1n) is 8.38. The number of amides is 1. The number of hydrogen-bond acceptors (Lipinski definition) is 10. The van der Waals surface area contributed by atoms with Gasteiger partial charge in [-0.25, -0.2) is 0 Å². The van der Waals surface area contributed by atoms with E-state index < -0.39 is 80.3 Å². The normalized spacial score (nSPS) is 46.8. The van der Waals surface area contributed by atoms with E-state index in [1.54, 1.807) is 6.92 Å². The van der Waals surface area contributed by atoms with Gasteiger partial charge in [-0.05, 0) is 6.92 Å². The Hall–Kier alpha value is -0.890. The van der Waals surface area contributed by atoms with Crippen LogP contribution >= 0.6 is 0 Å². The molecule has 152 valence electrons. The van der Waals surface area contributed by atoms with Crippen molar-refractivity contribution in [1.29, 1.82) is 0 Å². The Balaban J connectivity index is 2.21. The van der Waals surface area contributed by atoms with Crippen LogP contribution in [0, 0.1) is 0 Å². The minimum absolute atomic E-state index is 0.414. The molecule has 2 fully saturated rings. The fourth-order valence-corrected chi connectivity index (χ4v) is 3.22. The van der Waals surface area contributed by atoms with E-state index in [0.29, 0.717) is 0 Å². The van der Waals surface area contributed by atoms with E-state index in [2.05, 4.69) is 5.32 Å². The largest absolute Gasteiger partial charge is 0.394 e. The molecule has 11 heteroatoms. The van der Waals surface area contributed by atoms with E-state index in [9.17, 15) is 35.4 Å². The van der Waals surface area contributed by atoms with Crippen LogP contribution in [-0.4, -0.2) is 111 Å². The third-order valence-electron chi connectivity index (χ3n) is 4.66. The second kappa shape index (κ2) is 8.87. The molecule has 2 rings (SSSR count). The van der Waals surface area contributed by atoms with Gasteiger partial charge in [-0.15, -0.1) is 0 Å². The lowest BCUT2D eigenvalue weighted by molar-refractivity contribution is -0.331. The maximum absolute atomic E-state index is 11.5. The van der Waals surface area contributed by atoms with Crippen molar-refractivity contribution < 1.29 is 49.6 Å². The lowest BCUT2D eigenvalue weighted by Gasteiger charge is -2.47. The van der Waals surface area contributed by atoms with Crippen molar-refractivity contribution in [2.24, 2.45) is 0 Å². The predicted octanol–water partition coefficient (Wildman–Crippen LogP) is -4.18. The quantitative estimate of drug-likeness (QED) is 0.247. The van der Waals surface area contributed by atoms with Gasteiger partial charge in [-0.1, -0.05) is 0 Å². The smallest absolute Gasteiger partial charge is 0.217 e. The highest BCUT2D eigenvalue weighted by Gasteiger charge is 2.50. The zero-order valence-electron chi connectivity index (χ0n) is 14.5. The molecule has 0 unspecified atom stereocenters. The predicted molar refractivity (Wildman–Crippen MR) is 83.7 cm³/mol. The summed E-state index contributed by atoms with van der Waals surface area (Å²) in [5.41, 5.74) is 0. The number of carbonyl (C=O) groups is 1. The zero-order chi connectivity index (χ0) is 19.6. The second-order valence-electron chi connectivity index (χ2n) is 6.58. The van der Waals surface area contributed by atoms with Crippen LogP contribution < -0.4 is 5.32 Å². The maximum Gasteiger partial charge on any atom is 0.217 e. The van der Waals surface area contributed by atoms with E-state index in [1.165, 1.54) is 6.92 Å². The molecule has 0 saturated carbocycles. The van der Waals surface area contributed by atoms with E-state index >= 15 is 0 Å². The fourth-order valence-electron chi connectivity index (χ4n) is 3.22. The standard InChI is InChI=1S/C15H27NO10/c1-5-9(16-6(2)19)14(11(21)8(4-18)24-5)26-15-13(23)12(22)10(20)7(3-17)25-15/h5,7-15,17-18,20-23H,3-4H2,1-2H3,(H,16,19)/t5-,7-,8-,9+,10+,11+,12+,13-,14-,15-/m1/s1. The summed E-state index contributed by atoms with van der Waals surface area (Å²) in [5.74, 6) is -0.414. The summed E-state index contributed by atoms with van der Waals surface area (Å²) in [6.45, 7) is 1.74. The van der Waals surface area contributed by atoms with Gasteiger partial charge in [0.1, 0.15) is 42.7 Å². The van der Waals surface area contributed by atoms with Crippen LogP contribution in [0.2, 0.25) is 0 Å². The van der Waals surface area contributed by atoms with E-state index in [-0.39, 0.29) is 0 Å². The minimum atomic E-state index is -1.66. The molecule has 0 bridgehead atoms. The Morgan fingerprint density at radius 3 is 2.08 bits per heavy atom. The number of hydrogen-bond donors (Lipinski definition) is 7. The van der Waals surface area contributed by atoms with Crippen molar-refractivity contribution in [2.45, 2.75) is 75.0 Å². The summed E-state index contributed by atoms with van der Waals surface area (Å²) in [7, 11) is 0. The number of rotatable bonds is 5. The van der Waals surface area contributed by atoms with E-state index in [0.717, 1.165) is 0 Å². The lowest BCUT2D eigenvalue weighted by Crippen LogP contribution is -2.67. The molecule has 0 radical (unpaired) electrons. The number of nitrogens with one attached hydrogen (secondary N) is 1. The van der Waals surface area contributed by atoms with Gasteiger partial charge >= 0.3 is 0 Å². The Bertz CT molecular complexity index is 477. The number of aliphatic hydroxyl groups excluding tert-OH is 6. The van der Waals surface area contributed by atoms with Crippen molar-refractivity contribution in [3.63, 3.8) is 0 Å². The van der Waals surface area contributed by atoms with Crippen LogP contribution in [0.25, 0.3) is 0 Å². The zero-order valence-corrected chi connectivity index (χ0v) is 14.5. The highest BCUT2D eigenvalue weighted by atomic mass is 16.7. The summed E-state index contributed by atoms with van der Waals surface area (Å²) in [6.07, 6.45) is -11.7. The van der Waals surface area contributed by atoms with Crippen molar-refractivity contribution in [1.82, 2.24) is 5.32 Å². The molecule has 1 amide bonds. The van der Waals surface area contributed by atoms with Crippen LogP contribution in [0.5, 0.6) is 0 Å². The van der Waals surface area contributed by atoms with Gasteiger partial charge in [-0.3, -0.25) is 4.79 Å². The van der Waals surface area contributed by atoms with Gasteiger partial charge in [0, 0.05) is 6.92 Å². The minimum Gasteiger partial charge on any atom is -0.394 e. The van der Waals surface area contributed by atoms with Crippen molar-refractivity contribution in [3.8, 4) is 0 Å². The molecule has 2 aliphatic rings. The molecule has 0 aromatic heterocycles. The molecule has 26 heavy (non-hydrogen) atoms. The third kappa shape index (κ3) is 4.32. The monoisotopic (exact) mass is 381 g/mol. The Morgan fingerprint density at radius 1 is 0.962 bits per heavy atom. The first kappa shape index (κ1) is 21.4. The SMILES string of the molecule is CC(=O)N[C@@H]1[C@@H](O[C@H]2O[C@H](CO)[C@H](O)[C@H](O)[C@H]2O)[C@@H](O)[C@@H](CO)O[C@@H]1C. The molecule has 0 spiro atoms. The topological polar surface area (TPSA) is 178 Å². The lowest BCUT2D eigenvalue weighted by atomic mass is 9.92. The van der Waals surface area contributed by atoms with Gasteiger partial charge in [0.05, 0.1) is 25.4 Å². The fraction of sp³-hybridized carbons (Fsp3) is 0.933. The molecule has 2 heterocycles. The van der Waals surface area contributed by atoms with Crippen LogP contribution in [0.4, 0.5) is 0 Å². The van der Waals surface area contributed by atoms with Crippen molar-refractivity contribution >= 4 is 5.91 Å². The molecule has 0 aliphatic carbocycles. The van der Waals surface area contributed by atoms with E-state index in [4.69, 9.17) is 14.2 Å². The molecule has 10 atom stereocenters. The van der Waals surface area contributed by atoms with Crippen LogP contribution in [0.15, 0.2) is 0 Å². The third-order valence-corrected chi connectivity index (χ3v) is 4.66. The Kier molecular flexibility index (Phi) is 7.30. The van der Waals surface area contributed by atoms with Gasteiger partial charge in [0.2, 0.25) is 5.91 Å². The van der Waals surface area contributed by atoms with Crippen LogP contribution in [0.1, 0.15) is 13.8 Å². The highest BCUT2D eigenvalue weighted by Crippen LogP contribution is 2.29. The number of aliphatic hydroxyl groups is 6. The molecule has 0 aromatic carbocycles. The summed E-state index contributed by atoms with van der Waals surface area (Å²) in [4.78, 5) is 11.5. The molecule has 2 aliphatic heterocycles. The summed E-state index contributed by atoms with van der Waals surface area (Å²) in [6, 6.07) is -0.835. The number of ether oxygens (including phenoxy) is 3. The Labute approximate surface area is 150 Å². The van der Waals surface area contributed by atoms with Gasteiger partial charge in [0.25, 0.3) is 0 Å². The molecular formula is C15H27NO10.